The van der Waals surface area contributed by atoms with Gasteiger partial charge in [0.1, 0.15) is 17.2 Å². The minimum Gasteiger partial charge on any atom is -0.456 e. The summed E-state index contributed by atoms with van der Waals surface area (Å²) in [5.41, 5.74) is 7.09. The van der Waals surface area contributed by atoms with Gasteiger partial charge in [-0.1, -0.05) is 6.07 Å². The molecule has 0 aliphatic rings. The van der Waals surface area contributed by atoms with Crippen molar-refractivity contribution in [3.63, 3.8) is 0 Å². The Bertz CT molecular complexity index is 944. The highest BCUT2D eigenvalue weighted by Crippen LogP contribution is 2.28. The average Bonchev–Trinajstić information content (AvgIpc) is 3.08. The molecule has 0 spiro atoms. The van der Waals surface area contributed by atoms with E-state index < -0.39 is 17.4 Å². The first-order valence-corrected chi connectivity index (χ1v) is 8.17. The number of esters is 1. The molecule has 3 rings (SSSR count). The zero-order chi connectivity index (χ0) is 18.9. The van der Waals surface area contributed by atoms with Crippen LogP contribution in [0.1, 0.15) is 31.1 Å². The largest absolute Gasteiger partial charge is 0.456 e. The van der Waals surface area contributed by atoms with Crippen molar-refractivity contribution in [3.05, 3.63) is 66.4 Å². The molecule has 0 amide bonds. The van der Waals surface area contributed by atoms with Crippen LogP contribution in [0.5, 0.6) is 0 Å². The second-order valence-corrected chi connectivity index (χ2v) is 6.91. The lowest BCUT2D eigenvalue weighted by Gasteiger charge is -2.19. The number of ether oxygens (including phenoxy) is 1. The summed E-state index contributed by atoms with van der Waals surface area (Å²) in [7, 11) is 0. The Balaban J connectivity index is 1.97. The number of aromatic nitrogens is 2. The standard InChI is InChI=1S/C20H20FN3O2/c1-20(2,3)26-19(25)15-7-6-13(10-17(15)21)16-11-14(12-23-18(16)22)24-8-4-5-9-24/h4-12H,1-3H3,(H2,22,23). The minimum atomic E-state index is -0.700. The predicted molar refractivity (Wildman–Crippen MR) is 98.5 cm³/mol. The quantitative estimate of drug-likeness (QED) is 0.716. The number of hydrogen-bond acceptors (Lipinski definition) is 4. The molecular formula is C20H20FN3O2. The topological polar surface area (TPSA) is 70.1 Å². The van der Waals surface area contributed by atoms with Crippen LogP contribution < -0.4 is 5.73 Å². The second kappa shape index (κ2) is 6.63. The van der Waals surface area contributed by atoms with Crippen molar-refractivity contribution in [1.29, 1.82) is 0 Å². The number of nitrogens with zero attached hydrogens (tertiary/aromatic N) is 2. The first-order valence-electron chi connectivity index (χ1n) is 8.17. The van der Waals surface area contributed by atoms with Gasteiger partial charge in [-0.25, -0.2) is 14.2 Å². The zero-order valence-electron chi connectivity index (χ0n) is 14.9. The summed E-state index contributed by atoms with van der Waals surface area (Å²) in [6, 6.07) is 9.92. The first-order chi connectivity index (χ1) is 12.2. The molecule has 0 aliphatic carbocycles. The molecule has 26 heavy (non-hydrogen) atoms. The molecule has 2 heterocycles. The van der Waals surface area contributed by atoms with Crippen LogP contribution in [0.3, 0.4) is 0 Å². The smallest absolute Gasteiger partial charge is 0.341 e. The molecule has 0 saturated carbocycles. The van der Waals surface area contributed by atoms with Gasteiger partial charge >= 0.3 is 5.97 Å². The first kappa shape index (κ1) is 17.7. The Hall–Kier alpha value is -3.15. The van der Waals surface area contributed by atoms with E-state index in [4.69, 9.17) is 10.5 Å². The van der Waals surface area contributed by atoms with Crippen LogP contribution >= 0.6 is 0 Å². The number of hydrogen-bond donors (Lipinski definition) is 1. The van der Waals surface area contributed by atoms with E-state index in [0.29, 0.717) is 11.1 Å². The molecule has 2 N–H and O–H groups in total. The van der Waals surface area contributed by atoms with Crippen molar-refractivity contribution < 1.29 is 13.9 Å². The lowest BCUT2D eigenvalue weighted by Crippen LogP contribution is -2.24. The summed E-state index contributed by atoms with van der Waals surface area (Å²) in [5, 5.41) is 0. The molecule has 6 heteroatoms. The number of anilines is 1. The van der Waals surface area contributed by atoms with Crippen molar-refractivity contribution >= 4 is 11.8 Å². The fourth-order valence-corrected chi connectivity index (χ4v) is 2.52. The Kier molecular flexibility index (Phi) is 4.50. The van der Waals surface area contributed by atoms with E-state index in [1.807, 2.05) is 35.2 Å². The maximum absolute atomic E-state index is 14.5. The number of pyridine rings is 1. The molecule has 3 aromatic rings. The van der Waals surface area contributed by atoms with Gasteiger partial charge < -0.3 is 15.0 Å². The molecule has 0 saturated heterocycles. The molecule has 0 fully saturated rings. The van der Waals surface area contributed by atoms with Gasteiger partial charge in [0, 0.05) is 18.0 Å². The van der Waals surface area contributed by atoms with E-state index in [-0.39, 0.29) is 11.4 Å². The summed E-state index contributed by atoms with van der Waals surface area (Å²) >= 11 is 0. The van der Waals surface area contributed by atoms with Crippen LogP contribution in [0.25, 0.3) is 16.8 Å². The van der Waals surface area contributed by atoms with E-state index in [9.17, 15) is 9.18 Å². The summed E-state index contributed by atoms with van der Waals surface area (Å²) in [6.07, 6.45) is 5.40. The van der Waals surface area contributed by atoms with Crippen molar-refractivity contribution in [1.82, 2.24) is 9.55 Å². The Morgan fingerprint density at radius 3 is 2.50 bits per heavy atom. The molecule has 2 aromatic heterocycles. The highest BCUT2D eigenvalue weighted by Gasteiger charge is 2.21. The Morgan fingerprint density at radius 2 is 1.88 bits per heavy atom. The summed E-state index contributed by atoms with van der Waals surface area (Å²) in [5.74, 6) is -1.08. The molecule has 0 unspecified atom stereocenters. The monoisotopic (exact) mass is 353 g/mol. The van der Waals surface area contributed by atoms with E-state index >= 15 is 0 Å². The number of benzene rings is 1. The van der Waals surface area contributed by atoms with Crippen LogP contribution in [0.4, 0.5) is 10.2 Å². The third kappa shape index (κ3) is 3.74. The van der Waals surface area contributed by atoms with Crippen molar-refractivity contribution in [3.8, 4) is 16.8 Å². The van der Waals surface area contributed by atoms with Crippen LogP contribution in [0.15, 0.2) is 55.0 Å². The lowest BCUT2D eigenvalue weighted by atomic mass is 10.0. The van der Waals surface area contributed by atoms with Gasteiger partial charge in [0.25, 0.3) is 0 Å². The number of halogens is 1. The molecular weight excluding hydrogens is 333 g/mol. The third-order valence-electron chi connectivity index (χ3n) is 3.71. The van der Waals surface area contributed by atoms with Crippen molar-refractivity contribution in [2.45, 2.75) is 26.4 Å². The second-order valence-electron chi connectivity index (χ2n) is 6.91. The van der Waals surface area contributed by atoms with Crippen molar-refractivity contribution in [2.75, 3.05) is 5.73 Å². The van der Waals surface area contributed by atoms with Gasteiger partial charge in [0.15, 0.2) is 0 Å². The van der Waals surface area contributed by atoms with Crippen molar-refractivity contribution in [2.24, 2.45) is 0 Å². The average molecular weight is 353 g/mol. The van der Waals surface area contributed by atoms with E-state index in [0.717, 1.165) is 5.69 Å². The Morgan fingerprint density at radius 1 is 1.19 bits per heavy atom. The summed E-state index contributed by atoms with van der Waals surface area (Å²) in [6.45, 7) is 5.20. The molecule has 134 valence electrons. The third-order valence-corrected chi connectivity index (χ3v) is 3.71. The number of nitrogen functional groups attached to an aromatic ring is 1. The van der Waals surface area contributed by atoms with Crippen LogP contribution in [-0.4, -0.2) is 21.1 Å². The highest BCUT2D eigenvalue weighted by atomic mass is 19.1. The van der Waals surface area contributed by atoms with Gasteiger partial charge in [-0.05, 0) is 56.7 Å². The molecule has 0 aliphatic heterocycles. The van der Waals surface area contributed by atoms with Crippen LogP contribution in [-0.2, 0) is 4.74 Å². The van der Waals surface area contributed by atoms with Gasteiger partial charge in [0.2, 0.25) is 0 Å². The maximum atomic E-state index is 14.5. The number of carbonyl (C=O) groups is 1. The molecule has 0 bridgehead atoms. The van der Waals surface area contributed by atoms with E-state index in [1.165, 1.54) is 12.1 Å². The van der Waals surface area contributed by atoms with Gasteiger partial charge in [-0.2, -0.15) is 0 Å². The normalized spacial score (nSPS) is 11.4. The van der Waals surface area contributed by atoms with Gasteiger partial charge in [-0.3, -0.25) is 0 Å². The summed E-state index contributed by atoms with van der Waals surface area (Å²) < 4.78 is 21.6. The van der Waals surface area contributed by atoms with E-state index in [1.54, 1.807) is 33.0 Å². The Labute approximate surface area is 151 Å². The molecule has 0 radical (unpaired) electrons. The van der Waals surface area contributed by atoms with Gasteiger partial charge in [0.05, 0.1) is 17.4 Å². The van der Waals surface area contributed by atoms with Crippen LogP contribution in [0.2, 0.25) is 0 Å². The van der Waals surface area contributed by atoms with Crippen LogP contribution in [0, 0.1) is 5.82 Å². The minimum absolute atomic E-state index is 0.114. The number of rotatable bonds is 3. The SMILES string of the molecule is CC(C)(C)OC(=O)c1ccc(-c2cc(-n3cccc3)cnc2N)cc1F. The highest BCUT2D eigenvalue weighted by molar-refractivity contribution is 5.91. The fourth-order valence-electron chi connectivity index (χ4n) is 2.52. The lowest BCUT2D eigenvalue weighted by molar-refractivity contribution is 0.00648. The molecule has 5 nitrogen and oxygen atoms in total. The summed E-state index contributed by atoms with van der Waals surface area (Å²) in [4.78, 5) is 16.3. The molecule has 1 aromatic carbocycles. The van der Waals surface area contributed by atoms with Gasteiger partial charge in [-0.15, -0.1) is 0 Å². The predicted octanol–water partition coefficient (Wildman–Crippen LogP) is 4.22. The maximum Gasteiger partial charge on any atom is 0.341 e. The molecule has 0 atom stereocenters. The fraction of sp³-hybridized carbons (Fsp3) is 0.200. The number of carbonyl (C=O) groups excluding carboxylic acids is 1. The van der Waals surface area contributed by atoms with E-state index in [2.05, 4.69) is 4.98 Å². The zero-order valence-corrected chi connectivity index (χ0v) is 14.9. The number of nitrogens with two attached hydrogens (primary N) is 1.